The fourth-order valence-electron chi connectivity index (χ4n) is 3.12. The van der Waals surface area contributed by atoms with Gasteiger partial charge in [-0.1, -0.05) is 24.2 Å². The van der Waals surface area contributed by atoms with Gasteiger partial charge in [-0.05, 0) is 30.3 Å². The zero-order chi connectivity index (χ0) is 23.1. The van der Waals surface area contributed by atoms with E-state index in [1.165, 1.54) is 42.2 Å². The predicted molar refractivity (Wildman–Crippen MR) is 106 cm³/mol. The lowest BCUT2D eigenvalue weighted by atomic mass is 10.1. The second kappa shape index (κ2) is 7.93. The number of sulfone groups is 1. The Morgan fingerprint density at radius 2 is 1.94 bits per heavy atom. The first-order chi connectivity index (χ1) is 15.1. The number of carbonyl (C=O) groups is 1. The molecule has 12 heteroatoms. The molecule has 1 amide bonds. The molecule has 0 spiro atoms. The van der Waals surface area contributed by atoms with E-state index in [4.69, 9.17) is 9.26 Å². The monoisotopic (exact) mass is 467 g/mol. The molecule has 8 nitrogen and oxygen atoms in total. The van der Waals surface area contributed by atoms with Crippen LogP contribution in [0.4, 0.5) is 18.9 Å². The molecule has 1 aliphatic heterocycles. The highest BCUT2D eigenvalue weighted by Crippen LogP contribution is 2.36. The van der Waals surface area contributed by atoms with E-state index in [1.54, 1.807) is 0 Å². The molecule has 0 radical (unpaired) electrons. The SMILES string of the molecule is CCS(=O)(=O)c1ccc2c(c1)N(Cc1nc(-c3cccc(C(F)(F)F)c3)no1)C(=O)CO2. The summed E-state index contributed by atoms with van der Waals surface area (Å²) >= 11 is 0. The third-order valence-corrected chi connectivity index (χ3v) is 6.55. The summed E-state index contributed by atoms with van der Waals surface area (Å²) in [5.41, 5.74) is -0.544. The standard InChI is InChI=1S/C20H16F3N3O5S/c1-2-32(28,29)14-6-7-16-15(9-14)26(18(27)11-30-16)10-17-24-19(25-31-17)12-4-3-5-13(8-12)20(21,22)23/h3-9H,2,10-11H2,1H3. The molecule has 0 N–H and O–H groups in total. The molecule has 1 aromatic heterocycles. The number of hydrogen-bond acceptors (Lipinski definition) is 7. The summed E-state index contributed by atoms with van der Waals surface area (Å²) in [5.74, 6) is -0.402. The lowest BCUT2D eigenvalue weighted by molar-refractivity contribution is -0.137. The van der Waals surface area contributed by atoms with E-state index in [0.717, 1.165) is 12.1 Å². The molecule has 168 valence electrons. The summed E-state index contributed by atoms with van der Waals surface area (Å²) in [5, 5.41) is 3.71. The maximum absolute atomic E-state index is 13.0. The molecule has 0 atom stereocenters. The van der Waals surface area contributed by atoms with Crippen LogP contribution in [0.3, 0.4) is 0 Å². The van der Waals surface area contributed by atoms with E-state index in [-0.39, 0.29) is 46.8 Å². The molecular weight excluding hydrogens is 451 g/mol. The van der Waals surface area contributed by atoms with Gasteiger partial charge in [0.1, 0.15) is 12.3 Å². The van der Waals surface area contributed by atoms with Crippen molar-refractivity contribution in [2.24, 2.45) is 0 Å². The third kappa shape index (κ3) is 4.17. The number of ether oxygens (including phenoxy) is 1. The van der Waals surface area contributed by atoms with Crippen molar-refractivity contribution < 1.29 is 35.6 Å². The van der Waals surface area contributed by atoms with Crippen LogP contribution in [0.25, 0.3) is 11.4 Å². The third-order valence-electron chi connectivity index (χ3n) is 4.82. The quantitative estimate of drug-likeness (QED) is 0.566. The normalized spacial score (nSPS) is 14.2. The van der Waals surface area contributed by atoms with Crippen molar-refractivity contribution >= 4 is 21.4 Å². The van der Waals surface area contributed by atoms with Crippen LogP contribution in [-0.4, -0.2) is 36.8 Å². The largest absolute Gasteiger partial charge is 0.482 e. The Morgan fingerprint density at radius 3 is 2.66 bits per heavy atom. The number of fused-ring (bicyclic) bond motifs is 1. The molecule has 3 aromatic rings. The van der Waals surface area contributed by atoms with Crippen molar-refractivity contribution in [3.8, 4) is 17.1 Å². The van der Waals surface area contributed by atoms with Crippen molar-refractivity contribution in [3.05, 3.63) is 53.9 Å². The average Bonchev–Trinajstić information content (AvgIpc) is 3.23. The molecule has 2 aromatic carbocycles. The van der Waals surface area contributed by atoms with Gasteiger partial charge in [-0.2, -0.15) is 18.2 Å². The molecule has 0 saturated carbocycles. The number of anilines is 1. The highest BCUT2D eigenvalue weighted by Gasteiger charge is 2.31. The van der Waals surface area contributed by atoms with Crippen LogP contribution in [0.5, 0.6) is 5.75 Å². The summed E-state index contributed by atoms with van der Waals surface area (Å²) < 4.78 is 73.8. The van der Waals surface area contributed by atoms with Gasteiger partial charge >= 0.3 is 6.18 Å². The average molecular weight is 467 g/mol. The van der Waals surface area contributed by atoms with Crippen molar-refractivity contribution in [3.63, 3.8) is 0 Å². The number of carbonyl (C=O) groups excluding carboxylic acids is 1. The highest BCUT2D eigenvalue weighted by atomic mass is 32.2. The minimum atomic E-state index is -4.52. The minimum absolute atomic E-state index is 0.0252. The first-order valence-electron chi connectivity index (χ1n) is 9.38. The van der Waals surface area contributed by atoms with E-state index in [9.17, 15) is 26.4 Å². The van der Waals surface area contributed by atoms with Gasteiger partial charge in [0.15, 0.2) is 16.4 Å². The summed E-state index contributed by atoms with van der Waals surface area (Å²) in [6.07, 6.45) is -4.52. The van der Waals surface area contributed by atoms with E-state index < -0.39 is 27.5 Å². The molecule has 0 fully saturated rings. The fraction of sp³-hybridized carbons (Fsp3) is 0.250. The molecule has 0 unspecified atom stereocenters. The second-order valence-corrected chi connectivity index (χ2v) is 9.17. The Labute approximate surface area is 180 Å². The maximum Gasteiger partial charge on any atom is 0.416 e. The first kappa shape index (κ1) is 21.8. The Hall–Kier alpha value is -3.41. The Balaban J connectivity index is 1.65. The second-order valence-electron chi connectivity index (χ2n) is 6.89. The molecule has 0 aliphatic carbocycles. The van der Waals surface area contributed by atoms with Crippen LogP contribution in [0.15, 0.2) is 51.9 Å². The molecule has 32 heavy (non-hydrogen) atoms. The molecule has 0 bridgehead atoms. The summed E-state index contributed by atoms with van der Waals surface area (Å²) in [6, 6.07) is 8.63. The number of aromatic nitrogens is 2. The lowest BCUT2D eigenvalue weighted by Gasteiger charge is -2.28. The zero-order valence-corrected chi connectivity index (χ0v) is 17.4. The van der Waals surface area contributed by atoms with Crippen LogP contribution >= 0.6 is 0 Å². The van der Waals surface area contributed by atoms with Crippen molar-refractivity contribution in [2.45, 2.75) is 24.5 Å². The zero-order valence-electron chi connectivity index (χ0n) is 16.6. The van der Waals surface area contributed by atoms with Gasteiger partial charge in [0.2, 0.25) is 11.7 Å². The molecule has 1 aliphatic rings. The topological polar surface area (TPSA) is 103 Å². The van der Waals surface area contributed by atoms with Crippen LogP contribution in [0.1, 0.15) is 18.4 Å². The van der Waals surface area contributed by atoms with Crippen LogP contribution < -0.4 is 9.64 Å². The lowest BCUT2D eigenvalue weighted by Crippen LogP contribution is -2.38. The predicted octanol–water partition coefficient (Wildman–Crippen LogP) is 3.47. The van der Waals surface area contributed by atoms with Crippen LogP contribution in [0, 0.1) is 0 Å². The van der Waals surface area contributed by atoms with Gasteiger partial charge in [0.25, 0.3) is 5.91 Å². The smallest absolute Gasteiger partial charge is 0.416 e. The van der Waals surface area contributed by atoms with Gasteiger partial charge in [0, 0.05) is 5.56 Å². The van der Waals surface area contributed by atoms with E-state index in [2.05, 4.69) is 10.1 Å². The number of hydrogen-bond donors (Lipinski definition) is 0. The van der Waals surface area contributed by atoms with E-state index in [0.29, 0.717) is 5.75 Å². The van der Waals surface area contributed by atoms with Gasteiger partial charge in [-0.3, -0.25) is 9.69 Å². The number of alkyl halides is 3. The summed E-state index contributed by atoms with van der Waals surface area (Å²) in [6.45, 7) is 1.01. The Morgan fingerprint density at radius 1 is 1.16 bits per heavy atom. The number of nitrogens with zero attached hydrogens (tertiary/aromatic N) is 3. The summed E-state index contributed by atoms with van der Waals surface area (Å²) in [4.78, 5) is 17.8. The number of rotatable bonds is 5. The Bertz CT molecular complexity index is 1290. The Kier molecular flexibility index (Phi) is 5.41. The minimum Gasteiger partial charge on any atom is -0.482 e. The van der Waals surface area contributed by atoms with Crippen LogP contribution in [-0.2, 0) is 27.4 Å². The van der Waals surface area contributed by atoms with Gasteiger partial charge in [-0.25, -0.2) is 8.42 Å². The van der Waals surface area contributed by atoms with Crippen molar-refractivity contribution in [1.82, 2.24) is 10.1 Å². The van der Waals surface area contributed by atoms with Crippen molar-refractivity contribution in [1.29, 1.82) is 0 Å². The number of benzene rings is 2. The van der Waals surface area contributed by atoms with Gasteiger partial charge in [0.05, 0.1) is 21.9 Å². The van der Waals surface area contributed by atoms with Crippen molar-refractivity contribution in [2.75, 3.05) is 17.3 Å². The molecule has 0 saturated heterocycles. The van der Waals surface area contributed by atoms with Gasteiger partial charge in [-0.15, -0.1) is 0 Å². The first-order valence-corrected chi connectivity index (χ1v) is 11.0. The van der Waals surface area contributed by atoms with Gasteiger partial charge < -0.3 is 9.26 Å². The van der Waals surface area contributed by atoms with E-state index in [1.807, 2.05) is 0 Å². The fourth-order valence-corrected chi connectivity index (χ4v) is 4.02. The molecule has 2 heterocycles. The summed E-state index contributed by atoms with van der Waals surface area (Å²) in [7, 11) is -3.53. The van der Waals surface area contributed by atoms with E-state index >= 15 is 0 Å². The molecular formula is C20H16F3N3O5S. The number of amides is 1. The molecule has 4 rings (SSSR count). The number of halogens is 3. The highest BCUT2D eigenvalue weighted by molar-refractivity contribution is 7.91. The maximum atomic E-state index is 13.0. The van der Waals surface area contributed by atoms with Crippen LogP contribution in [0.2, 0.25) is 0 Å².